The fourth-order valence-corrected chi connectivity index (χ4v) is 3.16. The monoisotopic (exact) mass is 221 g/mol. The summed E-state index contributed by atoms with van der Waals surface area (Å²) in [6.45, 7) is 10.1. The van der Waals surface area contributed by atoms with Crippen molar-refractivity contribution in [2.75, 3.05) is 6.54 Å². The van der Waals surface area contributed by atoms with Crippen molar-refractivity contribution in [2.45, 2.75) is 65.8 Å². The predicted octanol–water partition coefficient (Wildman–Crippen LogP) is 3.59. The van der Waals surface area contributed by atoms with Gasteiger partial charge >= 0.3 is 0 Å². The second-order valence-corrected chi connectivity index (χ2v) is 5.62. The maximum Gasteiger partial charge on any atom is 0.0109 e. The minimum absolute atomic E-state index is 0.520. The molecule has 1 nitrogen and oxygen atoms in total. The summed E-state index contributed by atoms with van der Waals surface area (Å²) in [5, 5.41) is 3.67. The summed E-state index contributed by atoms with van der Waals surface area (Å²) in [6.07, 6.45) is 6.44. The second kappa shape index (κ2) is 6.30. The van der Waals surface area contributed by atoms with Gasteiger partial charge in [-0.15, -0.1) is 11.8 Å². The molecular formula is C15H27N. The van der Waals surface area contributed by atoms with Gasteiger partial charge in [0.25, 0.3) is 0 Å². The quantitative estimate of drug-likeness (QED) is 0.700. The predicted molar refractivity (Wildman–Crippen MR) is 71.3 cm³/mol. The van der Waals surface area contributed by atoms with Crippen LogP contribution >= 0.6 is 0 Å². The van der Waals surface area contributed by atoms with Crippen LogP contribution in [0.2, 0.25) is 0 Å². The summed E-state index contributed by atoms with van der Waals surface area (Å²) in [5.41, 5.74) is 0.520. The van der Waals surface area contributed by atoms with E-state index in [4.69, 9.17) is 0 Å². The Morgan fingerprint density at radius 2 is 2.19 bits per heavy atom. The molecule has 0 saturated heterocycles. The molecule has 1 saturated carbocycles. The van der Waals surface area contributed by atoms with Crippen LogP contribution in [0.3, 0.4) is 0 Å². The first-order valence-electron chi connectivity index (χ1n) is 6.74. The molecule has 1 aliphatic carbocycles. The summed E-state index contributed by atoms with van der Waals surface area (Å²) < 4.78 is 0. The van der Waals surface area contributed by atoms with E-state index in [0.29, 0.717) is 11.5 Å². The van der Waals surface area contributed by atoms with Crippen LogP contribution in [0.1, 0.15) is 59.8 Å². The van der Waals surface area contributed by atoms with Crippen molar-refractivity contribution in [2.24, 2.45) is 11.3 Å². The van der Waals surface area contributed by atoms with Crippen molar-refractivity contribution in [3.8, 4) is 11.8 Å². The van der Waals surface area contributed by atoms with Gasteiger partial charge in [0.15, 0.2) is 0 Å². The maximum absolute atomic E-state index is 3.67. The van der Waals surface area contributed by atoms with Crippen molar-refractivity contribution in [3.63, 3.8) is 0 Å². The molecule has 0 spiro atoms. The second-order valence-electron chi connectivity index (χ2n) is 5.62. The Kier molecular flexibility index (Phi) is 5.35. The highest BCUT2D eigenvalue weighted by atomic mass is 14.9. The molecule has 0 aromatic heterocycles. The molecule has 0 radical (unpaired) electrons. The molecular weight excluding hydrogens is 194 g/mol. The van der Waals surface area contributed by atoms with Gasteiger partial charge in [-0.1, -0.05) is 27.2 Å². The van der Waals surface area contributed by atoms with Gasteiger partial charge in [-0.2, -0.15) is 0 Å². The van der Waals surface area contributed by atoms with Crippen LogP contribution < -0.4 is 5.32 Å². The molecule has 1 N–H and O–H groups in total. The summed E-state index contributed by atoms with van der Waals surface area (Å²) in [5.74, 6) is 7.04. The van der Waals surface area contributed by atoms with E-state index in [1.54, 1.807) is 0 Å². The highest BCUT2D eigenvalue weighted by molar-refractivity contribution is 4.98. The Morgan fingerprint density at radius 3 is 2.69 bits per heavy atom. The Morgan fingerprint density at radius 1 is 1.44 bits per heavy atom. The van der Waals surface area contributed by atoms with Crippen LogP contribution in [-0.4, -0.2) is 12.6 Å². The minimum Gasteiger partial charge on any atom is -0.314 e. The lowest BCUT2D eigenvalue weighted by molar-refractivity contribution is 0.192. The molecule has 0 aromatic rings. The van der Waals surface area contributed by atoms with Crippen molar-refractivity contribution >= 4 is 0 Å². The lowest BCUT2D eigenvalue weighted by Crippen LogP contribution is -2.40. The van der Waals surface area contributed by atoms with Crippen LogP contribution in [0.25, 0.3) is 0 Å². The largest absolute Gasteiger partial charge is 0.314 e. The summed E-state index contributed by atoms with van der Waals surface area (Å²) in [4.78, 5) is 0. The maximum atomic E-state index is 3.67. The van der Waals surface area contributed by atoms with Gasteiger partial charge in [0.05, 0.1) is 0 Å². The van der Waals surface area contributed by atoms with E-state index in [0.717, 1.165) is 18.9 Å². The fourth-order valence-electron chi connectivity index (χ4n) is 3.16. The smallest absolute Gasteiger partial charge is 0.0109 e. The van der Waals surface area contributed by atoms with Gasteiger partial charge < -0.3 is 5.32 Å². The first-order chi connectivity index (χ1) is 7.61. The van der Waals surface area contributed by atoms with Crippen LogP contribution in [-0.2, 0) is 0 Å². The molecule has 0 aliphatic heterocycles. The van der Waals surface area contributed by atoms with Crippen molar-refractivity contribution in [3.05, 3.63) is 0 Å². The lowest BCUT2D eigenvalue weighted by Gasteiger charge is -2.34. The highest BCUT2D eigenvalue weighted by Gasteiger charge is 2.38. The average molecular weight is 221 g/mol. The molecule has 1 fully saturated rings. The summed E-state index contributed by atoms with van der Waals surface area (Å²) in [7, 11) is 0. The molecule has 0 heterocycles. The molecule has 2 atom stereocenters. The summed E-state index contributed by atoms with van der Waals surface area (Å²) in [6, 6.07) is 0.670. The molecule has 0 amide bonds. The van der Waals surface area contributed by atoms with E-state index in [9.17, 15) is 0 Å². The van der Waals surface area contributed by atoms with Gasteiger partial charge in [-0.05, 0) is 44.1 Å². The number of hydrogen-bond acceptors (Lipinski definition) is 1. The van der Waals surface area contributed by atoms with Crippen molar-refractivity contribution in [1.82, 2.24) is 5.32 Å². The van der Waals surface area contributed by atoms with E-state index in [2.05, 4.69) is 37.9 Å². The van der Waals surface area contributed by atoms with E-state index in [1.807, 2.05) is 6.92 Å². The zero-order chi connectivity index (χ0) is 12.0. The zero-order valence-corrected chi connectivity index (χ0v) is 11.4. The molecule has 92 valence electrons. The normalized spacial score (nSPS) is 24.9. The lowest BCUT2D eigenvalue weighted by atomic mass is 9.76. The van der Waals surface area contributed by atoms with Crippen molar-refractivity contribution in [1.29, 1.82) is 0 Å². The fraction of sp³-hybridized carbons (Fsp3) is 0.867. The Bertz CT molecular complexity index is 256. The molecule has 1 aliphatic rings. The molecule has 2 unspecified atom stereocenters. The first kappa shape index (κ1) is 13.6. The van der Waals surface area contributed by atoms with Crippen LogP contribution in [0, 0.1) is 23.2 Å². The van der Waals surface area contributed by atoms with Gasteiger partial charge in [0, 0.05) is 12.5 Å². The van der Waals surface area contributed by atoms with Gasteiger partial charge in [0.2, 0.25) is 0 Å². The molecule has 16 heavy (non-hydrogen) atoms. The Labute approximate surface area is 101 Å². The molecule has 1 rings (SSSR count). The summed E-state index contributed by atoms with van der Waals surface area (Å²) >= 11 is 0. The third-order valence-electron chi connectivity index (χ3n) is 4.05. The number of hydrogen-bond donors (Lipinski definition) is 1. The van der Waals surface area contributed by atoms with Crippen LogP contribution in [0.15, 0.2) is 0 Å². The molecule has 0 bridgehead atoms. The number of nitrogens with one attached hydrogen (secondary N) is 1. The van der Waals surface area contributed by atoms with E-state index >= 15 is 0 Å². The Hall–Kier alpha value is -0.480. The van der Waals surface area contributed by atoms with E-state index in [-0.39, 0.29) is 0 Å². The topological polar surface area (TPSA) is 12.0 Å². The van der Waals surface area contributed by atoms with Gasteiger partial charge in [-0.3, -0.25) is 0 Å². The van der Waals surface area contributed by atoms with Gasteiger partial charge in [-0.25, -0.2) is 0 Å². The van der Waals surface area contributed by atoms with Crippen LogP contribution in [0.5, 0.6) is 0 Å². The standard InChI is InChI=1S/C15H27N/c1-5-7-8-11-14(16-6-2)13-10-9-12-15(13,3)4/h13-14,16H,6,8-12H2,1-4H3. The van der Waals surface area contributed by atoms with Crippen LogP contribution in [0.4, 0.5) is 0 Å². The van der Waals surface area contributed by atoms with Crippen molar-refractivity contribution < 1.29 is 0 Å². The van der Waals surface area contributed by atoms with Gasteiger partial charge in [0.1, 0.15) is 0 Å². The molecule has 1 heteroatoms. The average Bonchev–Trinajstić information content (AvgIpc) is 2.57. The molecule has 0 aromatic carbocycles. The van der Waals surface area contributed by atoms with E-state index < -0.39 is 0 Å². The third kappa shape index (κ3) is 3.52. The Balaban J connectivity index is 2.56. The zero-order valence-electron chi connectivity index (χ0n) is 11.4. The SMILES string of the molecule is CC#CCCC(NCC)C1CCCC1(C)C. The minimum atomic E-state index is 0.520. The highest BCUT2D eigenvalue weighted by Crippen LogP contribution is 2.45. The van der Waals surface area contributed by atoms with E-state index in [1.165, 1.54) is 25.7 Å². The first-order valence-corrected chi connectivity index (χ1v) is 6.74. The third-order valence-corrected chi connectivity index (χ3v) is 4.05. The number of rotatable bonds is 5.